The van der Waals surface area contributed by atoms with Crippen LogP contribution in [0.2, 0.25) is 0 Å². The van der Waals surface area contributed by atoms with Gasteiger partial charge in [-0.25, -0.2) is 0 Å². The summed E-state index contributed by atoms with van der Waals surface area (Å²) in [6.07, 6.45) is 6.47. The fourth-order valence-corrected chi connectivity index (χ4v) is 2.51. The van der Waals surface area contributed by atoms with Crippen molar-refractivity contribution in [2.45, 2.75) is 25.8 Å². The highest BCUT2D eigenvalue weighted by Crippen LogP contribution is 2.31. The van der Waals surface area contributed by atoms with Crippen LogP contribution in [0.1, 0.15) is 24.8 Å². The molecule has 1 heterocycles. The van der Waals surface area contributed by atoms with Gasteiger partial charge < -0.3 is 10.4 Å². The molecule has 1 saturated carbocycles. The van der Waals surface area contributed by atoms with Crippen LogP contribution < -0.4 is 5.32 Å². The van der Waals surface area contributed by atoms with Crippen molar-refractivity contribution in [2.24, 2.45) is 11.8 Å². The molecule has 0 radical (unpaired) electrons. The lowest BCUT2D eigenvalue weighted by Gasteiger charge is -2.16. The van der Waals surface area contributed by atoms with E-state index in [1.54, 1.807) is 6.20 Å². The van der Waals surface area contributed by atoms with Crippen molar-refractivity contribution in [1.29, 1.82) is 0 Å². The number of nitrogens with one attached hydrogen (secondary N) is 1. The Kier molecular flexibility index (Phi) is 4.09. The lowest BCUT2D eigenvalue weighted by molar-refractivity contribution is -0.142. The van der Waals surface area contributed by atoms with Gasteiger partial charge in [-0.3, -0.25) is 9.78 Å². The Bertz CT molecular complexity index is 367. The molecule has 1 aromatic rings. The maximum Gasteiger partial charge on any atom is 0.306 e. The van der Waals surface area contributed by atoms with Crippen LogP contribution in [0, 0.1) is 11.8 Å². The molecule has 1 fully saturated rings. The minimum absolute atomic E-state index is 0.156. The third-order valence-electron chi connectivity index (χ3n) is 3.43. The van der Waals surface area contributed by atoms with Crippen LogP contribution in [0.25, 0.3) is 0 Å². The van der Waals surface area contributed by atoms with E-state index in [0.717, 1.165) is 37.9 Å². The van der Waals surface area contributed by atoms with Gasteiger partial charge in [-0.1, -0.05) is 12.5 Å². The van der Waals surface area contributed by atoms with Gasteiger partial charge in [-0.2, -0.15) is 0 Å². The lowest BCUT2D eigenvalue weighted by Crippen LogP contribution is -2.28. The Morgan fingerprint density at radius 2 is 2.41 bits per heavy atom. The molecule has 17 heavy (non-hydrogen) atoms. The Morgan fingerprint density at radius 1 is 1.53 bits per heavy atom. The molecule has 0 spiro atoms. The standard InChI is InChI=1S/C13H18N2O2/c16-13(17)12-5-1-4-11(12)9-15-8-10-3-2-6-14-7-10/h2-3,6-7,11-12,15H,1,4-5,8-9H2,(H,16,17). The summed E-state index contributed by atoms with van der Waals surface area (Å²) < 4.78 is 0. The zero-order valence-corrected chi connectivity index (χ0v) is 9.80. The second kappa shape index (κ2) is 5.77. The van der Waals surface area contributed by atoms with Crippen LogP contribution in [0.15, 0.2) is 24.5 Å². The summed E-state index contributed by atoms with van der Waals surface area (Å²) in [6.45, 7) is 1.54. The molecule has 1 aliphatic rings. The van der Waals surface area contributed by atoms with Crippen molar-refractivity contribution in [2.75, 3.05) is 6.54 Å². The van der Waals surface area contributed by atoms with Crippen LogP contribution in [0.3, 0.4) is 0 Å². The van der Waals surface area contributed by atoms with Crippen molar-refractivity contribution < 1.29 is 9.90 Å². The molecule has 2 N–H and O–H groups in total. The molecule has 2 atom stereocenters. The van der Waals surface area contributed by atoms with E-state index in [0.29, 0.717) is 0 Å². The van der Waals surface area contributed by atoms with E-state index in [1.807, 2.05) is 18.3 Å². The average Bonchev–Trinajstić information content (AvgIpc) is 2.79. The topological polar surface area (TPSA) is 62.2 Å². The quantitative estimate of drug-likeness (QED) is 0.813. The number of hydrogen-bond acceptors (Lipinski definition) is 3. The summed E-state index contributed by atoms with van der Waals surface area (Å²) in [7, 11) is 0. The minimum atomic E-state index is -0.643. The predicted molar refractivity (Wildman–Crippen MR) is 64.4 cm³/mol. The summed E-state index contributed by atoms with van der Waals surface area (Å²) in [6, 6.07) is 3.93. The van der Waals surface area contributed by atoms with E-state index >= 15 is 0 Å². The fraction of sp³-hybridized carbons (Fsp3) is 0.538. The average molecular weight is 234 g/mol. The third kappa shape index (κ3) is 3.27. The number of carboxylic acids is 1. The smallest absolute Gasteiger partial charge is 0.306 e. The maximum absolute atomic E-state index is 11.0. The summed E-state index contributed by atoms with van der Waals surface area (Å²) in [5.41, 5.74) is 1.14. The normalized spacial score (nSPS) is 23.8. The SMILES string of the molecule is O=C(O)C1CCCC1CNCc1cccnc1. The van der Waals surface area contributed by atoms with Crippen molar-refractivity contribution in [3.05, 3.63) is 30.1 Å². The van der Waals surface area contributed by atoms with E-state index in [4.69, 9.17) is 5.11 Å². The number of aromatic nitrogens is 1. The van der Waals surface area contributed by atoms with Gasteiger partial charge in [-0.15, -0.1) is 0 Å². The van der Waals surface area contributed by atoms with Crippen LogP contribution in [0.5, 0.6) is 0 Å². The Hall–Kier alpha value is -1.42. The second-order valence-corrected chi connectivity index (χ2v) is 4.63. The van der Waals surface area contributed by atoms with Gasteiger partial charge in [-0.05, 0) is 36.9 Å². The molecule has 0 aromatic carbocycles. The Morgan fingerprint density at radius 3 is 3.12 bits per heavy atom. The number of carbonyl (C=O) groups is 1. The fourth-order valence-electron chi connectivity index (χ4n) is 2.51. The zero-order valence-electron chi connectivity index (χ0n) is 9.80. The Labute approximate surface area is 101 Å². The van der Waals surface area contributed by atoms with Crippen LogP contribution in [0.4, 0.5) is 0 Å². The summed E-state index contributed by atoms with van der Waals surface area (Å²) in [5.74, 6) is -0.517. The molecule has 2 unspecified atom stereocenters. The van der Waals surface area contributed by atoms with Gasteiger partial charge in [0, 0.05) is 18.9 Å². The molecule has 2 rings (SSSR count). The minimum Gasteiger partial charge on any atom is -0.481 e. The van der Waals surface area contributed by atoms with Gasteiger partial charge in [0.05, 0.1) is 5.92 Å². The number of aliphatic carboxylic acids is 1. The predicted octanol–water partition coefficient (Wildman–Crippen LogP) is 1.67. The molecule has 1 aliphatic carbocycles. The van der Waals surface area contributed by atoms with Crippen LogP contribution in [-0.4, -0.2) is 22.6 Å². The molecule has 0 aliphatic heterocycles. The van der Waals surface area contributed by atoms with E-state index in [9.17, 15) is 4.79 Å². The number of nitrogens with zero attached hydrogens (tertiary/aromatic N) is 1. The van der Waals surface area contributed by atoms with Crippen molar-refractivity contribution in [1.82, 2.24) is 10.3 Å². The number of pyridine rings is 1. The first-order valence-electron chi connectivity index (χ1n) is 6.10. The summed E-state index contributed by atoms with van der Waals surface area (Å²) >= 11 is 0. The first-order valence-corrected chi connectivity index (χ1v) is 6.10. The van der Waals surface area contributed by atoms with Crippen molar-refractivity contribution >= 4 is 5.97 Å². The number of rotatable bonds is 5. The van der Waals surface area contributed by atoms with E-state index in [2.05, 4.69) is 10.3 Å². The molecule has 0 saturated heterocycles. The summed E-state index contributed by atoms with van der Waals surface area (Å²) in [4.78, 5) is 15.1. The monoisotopic (exact) mass is 234 g/mol. The van der Waals surface area contributed by atoms with Gasteiger partial charge in [0.2, 0.25) is 0 Å². The van der Waals surface area contributed by atoms with E-state index in [-0.39, 0.29) is 11.8 Å². The highest BCUT2D eigenvalue weighted by atomic mass is 16.4. The highest BCUT2D eigenvalue weighted by Gasteiger charge is 2.32. The Balaban J connectivity index is 1.77. The summed E-state index contributed by atoms with van der Waals surface area (Å²) in [5, 5.41) is 12.4. The molecule has 4 nitrogen and oxygen atoms in total. The van der Waals surface area contributed by atoms with E-state index in [1.165, 1.54) is 0 Å². The molecular formula is C13H18N2O2. The first-order chi connectivity index (χ1) is 8.27. The van der Waals surface area contributed by atoms with Gasteiger partial charge in [0.25, 0.3) is 0 Å². The number of hydrogen-bond donors (Lipinski definition) is 2. The molecule has 1 aromatic heterocycles. The molecule has 92 valence electrons. The van der Waals surface area contributed by atoms with Crippen LogP contribution >= 0.6 is 0 Å². The lowest BCUT2D eigenvalue weighted by atomic mass is 9.96. The molecule has 0 amide bonds. The second-order valence-electron chi connectivity index (χ2n) is 4.63. The molecular weight excluding hydrogens is 216 g/mol. The van der Waals surface area contributed by atoms with Crippen LogP contribution in [-0.2, 0) is 11.3 Å². The van der Waals surface area contributed by atoms with Gasteiger partial charge in [0.1, 0.15) is 0 Å². The van der Waals surface area contributed by atoms with Crippen molar-refractivity contribution in [3.63, 3.8) is 0 Å². The highest BCUT2D eigenvalue weighted by molar-refractivity contribution is 5.70. The van der Waals surface area contributed by atoms with Gasteiger partial charge >= 0.3 is 5.97 Å². The maximum atomic E-state index is 11.0. The van der Waals surface area contributed by atoms with E-state index < -0.39 is 5.97 Å². The zero-order chi connectivity index (χ0) is 12.1. The number of carboxylic acid groups (broad SMARTS) is 1. The first kappa shape index (κ1) is 12.0. The largest absolute Gasteiger partial charge is 0.481 e. The molecule has 4 heteroatoms. The van der Waals surface area contributed by atoms with Crippen molar-refractivity contribution in [3.8, 4) is 0 Å². The third-order valence-corrected chi connectivity index (χ3v) is 3.43. The van der Waals surface area contributed by atoms with Gasteiger partial charge in [0.15, 0.2) is 0 Å². The molecule has 0 bridgehead atoms.